The third-order valence-corrected chi connectivity index (χ3v) is 7.66. The molecule has 2 aromatic rings. The van der Waals surface area contributed by atoms with E-state index in [0.29, 0.717) is 18.9 Å². The zero-order valence-electron chi connectivity index (χ0n) is 23.5. The number of hydrogen-bond acceptors (Lipinski definition) is 7. The summed E-state index contributed by atoms with van der Waals surface area (Å²) in [5, 5.41) is 13.3. The molecular weight excluding hydrogens is 514 g/mol. The van der Waals surface area contributed by atoms with E-state index in [1.165, 1.54) is 0 Å². The van der Waals surface area contributed by atoms with Crippen LogP contribution in [-0.4, -0.2) is 59.9 Å². The Hall–Kier alpha value is -3.30. The highest BCUT2D eigenvalue weighted by atomic mass is 32.2. The Kier molecular flexibility index (Phi) is 8.14. The van der Waals surface area contributed by atoms with E-state index in [9.17, 15) is 19.5 Å². The molecule has 0 bridgehead atoms. The number of nitrogens with zero attached hydrogens (tertiary/aromatic N) is 2. The van der Waals surface area contributed by atoms with Crippen LogP contribution in [0.5, 0.6) is 5.75 Å². The number of benzene rings is 2. The second-order valence-corrected chi connectivity index (χ2v) is 12.9. The maximum atomic E-state index is 13.1. The van der Waals surface area contributed by atoms with Gasteiger partial charge in [0, 0.05) is 35.6 Å². The molecule has 39 heavy (non-hydrogen) atoms. The smallest absolute Gasteiger partial charge is 0.294 e. The van der Waals surface area contributed by atoms with Crippen molar-refractivity contribution in [3.63, 3.8) is 0 Å². The first kappa shape index (κ1) is 28.7. The molecule has 4 rings (SSSR count). The second kappa shape index (κ2) is 11.1. The molecule has 0 aliphatic carbocycles. The molecule has 8 nitrogen and oxygen atoms in total. The molecule has 2 fully saturated rings. The van der Waals surface area contributed by atoms with Crippen LogP contribution in [0.4, 0.5) is 16.2 Å². The van der Waals surface area contributed by atoms with Crippen LogP contribution in [0.1, 0.15) is 58.2 Å². The van der Waals surface area contributed by atoms with Crippen molar-refractivity contribution in [3.8, 4) is 5.75 Å². The summed E-state index contributed by atoms with van der Waals surface area (Å²) in [6.07, 6.45) is 1.66. The number of morpholine rings is 1. The van der Waals surface area contributed by atoms with Gasteiger partial charge in [-0.25, -0.2) is 0 Å². The van der Waals surface area contributed by atoms with Gasteiger partial charge < -0.3 is 20.1 Å². The summed E-state index contributed by atoms with van der Waals surface area (Å²) >= 11 is 0.814. The van der Waals surface area contributed by atoms with Gasteiger partial charge >= 0.3 is 0 Å². The lowest BCUT2D eigenvalue weighted by Crippen LogP contribution is -2.36. The summed E-state index contributed by atoms with van der Waals surface area (Å²) in [5.74, 6) is -0.715. The molecule has 0 aromatic heterocycles. The van der Waals surface area contributed by atoms with Crippen molar-refractivity contribution in [2.24, 2.45) is 0 Å². The van der Waals surface area contributed by atoms with Crippen molar-refractivity contribution in [1.82, 2.24) is 4.90 Å². The minimum absolute atomic E-state index is 0.244. The lowest BCUT2D eigenvalue weighted by atomic mass is 9.78. The number of phenols is 1. The molecule has 208 valence electrons. The van der Waals surface area contributed by atoms with Crippen molar-refractivity contribution in [3.05, 3.63) is 58.0 Å². The van der Waals surface area contributed by atoms with Crippen LogP contribution < -0.4 is 10.2 Å². The van der Waals surface area contributed by atoms with Gasteiger partial charge in [0.2, 0.25) is 5.91 Å². The first-order valence-corrected chi connectivity index (χ1v) is 13.9. The fourth-order valence-corrected chi connectivity index (χ4v) is 5.43. The molecule has 2 aliphatic rings. The van der Waals surface area contributed by atoms with Crippen molar-refractivity contribution in [1.29, 1.82) is 0 Å². The predicted octanol–water partition coefficient (Wildman–Crippen LogP) is 5.50. The molecule has 0 atom stereocenters. The Morgan fingerprint density at radius 1 is 1.00 bits per heavy atom. The molecule has 0 spiro atoms. The number of nitrogens with one attached hydrogen (secondary N) is 1. The number of rotatable bonds is 5. The van der Waals surface area contributed by atoms with Crippen LogP contribution in [-0.2, 0) is 25.2 Å². The maximum Gasteiger partial charge on any atom is 0.294 e. The van der Waals surface area contributed by atoms with Gasteiger partial charge in [-0.05, 0) is 70.6 Å². The van der Waals surface area contributed by atoms with Crippen molar-refractivity contribution < 1.29 is 24.2 Å². The monoisotopic (exact) mass is 551 g/mol. The number of carbonyl (C=O) groups excluding carboxylic acids is 3. The number of hydrogen-bond donors (Lipinski definition) is 2. The molecule has 2 saturated heterocycles. The Bertz CT molecular complexity index is 1260. The van der Waals surface area contributed by atoms with E-state index in [2.05, 4.69) is 10.2 Å². The van der Waals surface area contributed by atoms with Gasteiger partial charge in [0.15, 0.2) is 0 Å². The van der Waals surface area contributed by atoms with Gasteiger partial charge in [-0.15, -0.1) is 0 Å². The highest BCUT2D eigenvalue weighted by molar-refractivity contribution is 8.18. The highest BCUT2D eigenvalue weighted by Crippen LogP contribution is 2.41. The summed E-state index contributed by atoms with van der Waals surface area (Å²) in [6.45, 7) is 14.7. The SMILES string of the molecule is CC(C)(C)c1cc(/C=C2\SC(=O)N(CC(=O)Nc3ccc(N4CCOCC4)cc3)C2=O)cc(C(C)(C)C)c1O. The molecule has 0 radical (unpaired) electrons. The zero-order chi connectivity index (χ0) is 28.5. The normalized spacial score (nSPS) is 17.7. The standard InChI is InChI=1S/C30H37N3O5S/c1-29(2,3)22-15-19(16-23(26(22)35)30(4,5)6)17-24-27(36)33(28(37)39-24)18-25(34)31-20-7-9-21(10-8-20)32-11-13-38-14-12-32/h7-10,15-17,35H,11-14,18H2,1-6H3,(H,31,34)/b24-17-. The van der Waals surface area contributed by atoms with E-state index in [0.717, 1.165) is 52.1 Å². The molecule has 2 heterocycles. The average molecular weight is 552 g/mol. The van der Waals surface area contributed by atoms with Crippen LogP contribution in [0, 0.1) is 0 Å². The summed E-state index contributed by atoms with van der Waals surface area (Å²) in [6, 6.07) is 11.2. The molecular formula is C30H37N3O5S. The lowest BCUT2D eigenvalue weighted by Gasteiger charge is -2.28. The largest absolute Gasteiger partial charge is 0.507 e. The van der Waals surface area contributed by atoms with Crippen LogP contribution >= 0.6 is 11.8 Å². The number of aromatic hydroxyl groups is 1. The first-order valence-electron chi connectivity index (χ1n) is 13.1. The van der Waals surface area contributed by atoms with Crippen LogP contribution in [0.25, 0.3) is 6.08 Å². The number of phenolic OH excluding ortho intramolecular Hbond substituents is 1. The molecule has 0 unspecified atom stereocenters. The van der Waals surface area contributed by atoms with Gasteiger partial charge in [-0.3, -0.25) is 19.3 Å². The Morgan fingerprint density at radius 2 is 1.56 bits per heavy atom. The minimum Gasteiger partial charge on any atom is -0.507 e. The van der Waals surface area contributed by atoms with Gasteiger partial charge in [0.1, 0.15) is 12.3 Å². The number of anilines is 2. The Balaban J connectivity index is 1.48. The molecule has 2 N–H and O–H groups in total. The molecule has 2 aromatic carbocycles. The fraction of sp³-hybridized carbons (Fsp3) is 0.433. The predicted molar refractivity (Wildman–Crippen MR) is 156 cm³/mol. The molecule has 0 saturated carbocycles. The maximum absolute atomic E-state index is 13.1. The summed E-state index contributed by atoms with van der Waals surface area (Å²) in [7, 11) is 0. The third kappa shape index (κ3) is 6.65. The Labute approximate surface area is 234 Å². The van der Waals surface area contributed by atoms with Crippen LogP contribution in [0.15, 0.2) is 41.3 Å². The fourth-order valence-electron chi connectivity index (χ4n) is 4.59. The molecule has 3 amide bonds. The lowest BCUT2D eigenvalue weighted by molar-refractivity contribution is -0.127. The molecule has 9 heteroatoms. The van der Waals surface area contributed by atoms with E-state index in [-0.39, 0.29) is 28.0 Å². The van der Waals surface area contributed by atoms with E-state index < -0.39 is 17.1 Å². The summed E-state index contributed by atoms with van der Waals surface area (Å²) in [5.41, 5.74) is 3.23. The third-order valence-electron chi connectivity index (χ3n) is 6.75. The number of carbonyl (C=O) groups is 3. The minimum atomic E-state index is -0.509. The number of imide groups is 1. The van der Waals surface area contributed by atoms with Crippen molar-refractivity contribution in [2.75, 3.05) is 43.1 Å². The van der Waals surface area contributed by atoms with Crippen molar-refractivity contribution in [2.45, 2.75) is 52.4 Å². The zero-order valence-corrected chi connectivity index (χ0v) is 24.3. The average Bonchev–Trinajstić information content (AvgIpc) is 3.11. The summed E-state index contributed by atoms with van der Waals surface area (Å²) in [4.78, 5) is 42.0. The quantitative estimate of drug-likeness (QED) is 0.474. The molecule has 2 aliphatic heterocycles. The van der Waals surface area contributed by atoms with Crippen molar-refractivity contribution >= 4 is 46.3 Å². The van der Waals surface area contributed by atoms with E-state index in [4.69, 9.17) is 4.74 Å². The van der Waals surface area contributed by atoms with Gasteiger partial charge in [0.05, 0.1) is 18.1 Å². The van der Waals surface area contributed by atoms with Crippen LogP contribution in [0.3, 0.4) is 0 Å². The number of amides is 3. The van der Waals surface area contributed by atoms with Gasteiger partial charge in [-0.2, -0.15) is 0 Å². The number of thioether (sulfide) groups is 1. The Morgan fingerprint density at radius 3 is 2.10 bits per heavy atom. The topological polar surface area (TPSA) is 99.2 Å². The summed E-state index contributed by atoms with van der Waals surface area (Å²) < 4.78 is 5.39. The number of ether oxygens (including phenoxy) is 1. The first-order chi connectivity index (χ1) is 18.2. The van der Waals surface area contributed by atoms with E-state index >= 15 is 0 Å². The van der Waals surface area contributed by atoms with Crippen LogP contribution in [0.2, 0.25) is 0 Å². The van der Waals surface area contributed by atoms with Gasteiger partial charge in [0.25, 0.3) is 11.1 Å². The highest BCUT2D eigenvalue weighted by Gasteiger charge is 2.36. The van der Waals surface area contributed by atoms with E-state index in [1.54, 1.807) is 18.2 Å². The second-order valence-electron chi connectivity index (χ2n) is 11.9. The van der Waals surface area contributed by atoms with Gasteiger partial charge in [-0.1, -0.05) is 41.5 Å². The van der Waals surface area contributed by atoms with E-state index in [1.807, 2.05) is 65.8 Å².